The highest BCUT2D eigenvalue weighted by molar-refractivity contribution is 5.80. The van der Waals surface area contributed by atoms with E-state index in [1.807, 2.05) is 32.2 Å². The van der Waals surface area contributed by atoms with Crippen molar-refractivity contribution in [2.45, 2.75) is 13.5 Å². The van der Waals surface area contributed by atoms with Crippen molar-refractivity contribution >= 4 is 11.7 Å². The van der Waals surface area contributed by atoms with E-state index >= 15 is 0 Å². The zero-order valence-corrected chi connectivity index (χ0v) is 9.73. The standard InChI is InChI=1S/C11H18N4O/c1-3-13-11(16)8-15(2)10-6-4-5-9(7-12)14-10/h4-6H,3,7-8,12H2,1-2H3,(H,13,16). The minimum absolute atomic E-state index is 0.00930. The molecule has 5 nitrogen and oxygen atoms in total. The first kappa shape index (κ1) is 12.4. The van der Waals surface area contributed by atoms with E-state index in [1.54, 1.807) is 4.90 Å². The van der Waals surface area contributed by atoms with E-state index in [0.717, 1.165) is 11.5 Å². The number of anilines is 1. The fourth-order valence-electron chi connectivity index (χ4n) is 1.34. The van der Waals surface area contributed by atoms with Crippen LogP contribution in [0.1, 0.15) is 12.6 Å². The summed E-state index contributed by atoms with van der Waals surface area (Å²) in [5.41, 5.74) is 6.33. The van der Waals surface area contributed by atoms with E-state index in [0.29, 0.717) is 19.6 Å². The summed E-state index contributed by atoms with van der Waals surface area (Å²) in [6, 6.07) is 5.61. The van der Waals surface area contributed by atoms with Crippen molar-refractivity contribution in [1.29, 1.82) is 0 Å². The van der Waals surface area contributed by atoms with Crippen molar-refractivity contribution in [3.63, 3.8) is 0 Å². The maximum absolute atomic E-state index is 11.4. The second kappa shape index (κ2) is 6.07. The van der Waals surface area contributed by atoms with E-state index in [2.05, 4.69) is 10.3 Å². The average molecular weight is 222 g/mol. The number of rotatable bonds is 5. The molecule has 0 saturated carbocycles. The van der Waals surface area contributed by atoms with Crippen molar-refractivity contribution in [3.8, 4) is 0 Å². The lowest BCUT2D eigenvalue weighted by molar-refractivity contribution is -0.119. The lowest BCUT2D eigenvalue weighted by Gasteiger charge is -2.17. The molecule has 0 bridgehead atoms. The van der Waals surface area contributed by atoms with Crippen LogP contribution in [0.4, 0.5) is 5.82 Å². The Morgan fingerprint density at radius 1 is 1.56 bits per heavy atom. The van der Waals surface area contributed by atoms with Crippen LogP contribution in [-0.2, 0) is 11.3 Å². The van der Waals surface area contributed by atoms with Gasteiger partial charge in [0.15, 0.2) is 0 Å². The van der Waals surface area contributed by atoms with Crippen LogP contribution in [0.3, 0.4) is 0 Å². The van der Waals surface area contributed by atoms with Gasteiger partial charge in [0.2, 0.25) is 5.91 Å². The molecule has 0 unspecified atom stereocenters. The van der Waals surface area contributed by atoms with Gasteiger partial charge in [0.25, 0.3) is 0 Å². The number of nitrogens with one attached hydrogen (secondary N) is 1. The Bertz CT molecular complexity index is 354. The van der Waals surface area contributed by atoms with Gasteiger partial charge in [0.1, 0.15) is 5.82 Å². The molecule has 0 atom stereocenters. The van der Waals surface area contributed by atoms with Crippen LogP contribution in [0.5, 0.6) is 0 Å². The van der Waals surface area contributed by atoms with Crippen molar-refractivity contribution < 1.29 is 4.79 Å². The Balaban J connectivity index is 2.64. The van der Waals surface area contributed by atoms with Gasteiger partial charge in [0, 0.05) is 20.1 Å². The molecule has 0 spiro atoms. The van der Waals surface area contributed by atoms with Gasteiger partial charge in [-0.25, -0.2) is 4.98 Å². The molecule has 1 amide bonds. The molecule has 5 heteroatoms. The summed E-state index contributed by atoms with van der Waals surface area (Å²) in [6.45, 7) is 3.24. The smallest absolute Gasteiger partial charge is 0.239 e. The van der Waals surface area contributed by atoms with Gasteiger partial charge in [-0.05, 0) is 19.1 Å². The van der Waals surface area contributed by atoms with Crippen molar-refractivity contribution in [1.82, 2.24) is 10.3 Å². The summed E-state index contributed by atoms with van der Waals surface area (Å²) in [5.74, 6) is 0.749. The lowest BCUT2D eigenvalue weighted by atomic mass is 10.3. The second-order valence-electron chi connectivity index (χ2n) is 3.50. The monoisotopic (exact) mass is 222 g/mol. The molecule has 0 aliphatic carbocycles. The third-order valence-electron chi connectivity index (χ3n) is 2.15. The Kier molecular flexibility index (Phi) is 4.72. The van der Waals surface area contributed by atoms with E-state index in [1.165, 1.54) is 0 Å². The molecule has 1 aromatic heterocycles. The Hall–Kier alpha value is -1.62. The van der Waals surface area contributed by atoms with Crippen molar-refractivity contribution in [2.24, 2.45) is 5.73 Å². The number of amides is 1. The third kappa shape index (κ3) is 3.51. The van der Waals surface area contributed by atoms with Gasteiger partial charge < -0.3 is 16.0 Å². The number of pyridine rings is 1. The van der Waals surface area contributed by atoms with Crippen molar-refractivity contribution in [3.05, 3.63) is 23.9 Å². The van der Waals surface area contributed by atoms with Gasteiger partial charge >= 0.3 is 0 Å². The number of aromatic nitrogens is 1. The summed E-state index contributed by atoms with van der Waals surface area (Å²) >= 11 is 0. The summed E-state index contributed by atoms with van der Waals surface area (Å²) in [5, 5.41) is 2.74. The zero-order chi connectivity index (χ0) is 12.0. The molecule has 0 aromatic carbocycles. The van der Waals surface area contributed by atoms with Crippen LogP contribution in [0, 0.1) is 0 Å². The summed E-state index contributed by atoms with van der Waals surface area (Å²) in [7, 11) is 1.83. The van der Waals surface area contributed by atoms with Gasteiger partial charge in [-0.1, -0.05) is 6.07 Å². The minimum Gasteiger partial charge on any atom is -0.355 e. The number of hydrogen-bond acceptors (Lipinski definition) is 4. The van der Waals surface area contributed by atoms with Gasteiger partial charge in [-0.15, -0.1) is 0 Å². The first-order valence-electron chi connectivity index (χ1n) is 5.31. The van der Waals surface area contributed by atoms with E-state index in [-0.39, 0.29) is 5.91 Å². The molecule has 0 radical (unpaired) electrons. The Morgan fingerprint density at radius 2 is 2.31 bits per heavy atom. The summed E-state index contributed by atoms with van der Waals surface area (Å²) in [4.78, 5) is 17.5. The molecule has 0 aliphatic heterocycles. The molecule has 0 saturated heterocycles. The van der Waals surface area contributed by atoms with Gasteiger partial charge in [-0.3, -0.25) is 4.79 Å². The van der Waals surface area contributed by atoms with Crippen LogP contribution in [-0.4, -0.2) is 31.0 Å². The summed E-state index contributed by atoms with van der Waals surface area (Å²) < 4.78 is 0. The molecular formula is C11H18N4O. The fourth-order valence-corrected chi connectivity index (χ4v) is 1.34. The molecule has 0 fully saturated rings. The topological polar surface area (TPSA) is 71.2 Å². The molecule has 3 N–H and O–H groups in total. The van der Waals surface area contributed by atoms with Crippen LogP contribution in [0.2, 0.25) is 0 Å². The predicted molar refractivity (Wildman–Crippen MR) is 64.1 cm³/mol. The van der Waals surface area contributed by atoms with Crippen LogP contribution < -0.4 is 16.0 Å². The molecule has 1 aromatic rings. The first-order valence-corrected chi connectivity index (χ1v) is 5.31. The van der Waals surface area contributed by atoms with Gasteiger partial charge in [0.05, 0.1) is 12.2 Å². The second-order valence-corrected chi connectivity index (χ2v) is 3.50. The van der Waals surface area contributed by atoms with E-state index < -0.39 is 0 Å². The zero-order valence-electron chi connectivity index (χ0n) is 9.73. The highest BCUT2D eigenvalue weighted by atomic mass is 16.2. The number of nitrogens with two attached hydrogens (primary N) is 1. The number of nitrogens with zero attached hydrogens (tertiary/aromatic N) is 2. The number of carbonyl (C=O) groups excluding carboxylic acids is 1. The minimum atomic E-state index is -0.00930. The largest absolute Gasteiger partial charge is 0.355 e. The Morgan fingerprint density at radius 3 is 2.94 bits per heavy atom. The molecule has 88 valence electrons. The highest BCUT2D eigenvalue weighted by Crippen LogP contribution is 2.08. The van der Waals surface area contributed by atoms with Crippen LogP contribution in [0.25, 0.3) is 0 Å². The average Bonchev–Trinajstić information content (AvgIpc) is 2.29. The van der Waals surface area contributed by atoms with Gasteiger partial charge in [-0.2, -0.15) is 0 Å². The van der Waals surface area contributed by atoms with E-state index in [9.17, 15) is 4.79 Å². The maximum atomic E-state index is 11.4. The number of likely N-dealkylation sites (N-methyl/N-ethyl adjacent to an activating group) is 2. The van der Waals surface area contributed by atoms with Crippen molar-refractivity contribution in [2.75, 3.05) is 25.0 Å². The number of carbonyl (C=O) groups is 1. The predicted octanol–water partition coefficient (Wildman–Crippen LogP) is 0.113. The first-order chi connectivity index (χ1) is 7.67. The fraction of sp³-hybridized carbons (Fsp3) is 0.455. The quantitative estimate of drug-likeness (QED) is 0.742. The normalized spacial score (nSPS) is 9.94. The lowest BCUT2D eigenvalue weighted by Crippen LogP contribution is -2.35. The SMILES string of the molecule is CCNC(=O)CN(C)c1cccc(CN)n1. The highest BCUT2D eigenvalue weighted by Gasteiger charge is 2.07. The molecule has 0 aliphatic rings. The third-order valence-corrected chi connectivity index (χ3v) is 2.15. The Labute approximate surface area is 95.7 Å². The molecular weight excluding hydrogens is 204 g/mol. The molecule has 16 heavy (non-hydrogen) atoms. The van der Waals surface area contributed by atoms with Crippen LogP contribution >= 0.6 is 0 Å². The molecule has 1 heterocycles. The number of hydrogen-bond donors (Lipinski definition) is 2. The van der Waals surface area contributed by atoms with E-state index in [4.69, 9.17) is 5.73 Å². The maximum Gasteiger partial charge on any atom is 0.239 e. The summed E-state index contributed by atoms with van der Waals surface area (Å²) in [6.07, 6.45) is 0. The molecule has 1 rings (SSSR count). The van der Waals surface area contributed by atoms with Crippen LogP contribution in [0.15, 0.2) is 18.2 Å².